The Morgan fingerprint density at radius 3 is 2.38 bits per heavy atom. The molecular formula is C14H20BN3O3. The summed E-state index contributed by atoms with van der Waals surface area (Å²) in [5.74, 6) is 0.694. The van der Waals surface area contributed by atoms with Crippen LogP contribution in [0.2, 0.25) is 0 Å². The number of aromatic nitrogens is 3. The Bertz CT molecular complexity index is 680. The van der Waals surface area contributed by atoms with Crippen molar-refractivity contribution in [2.75, 3.05) is 7.11 Å². The van der Waals surface area contributed by atoms with Gasteiger partial charge >= 0.3 is 7.12 Å². The number of rotatable bonds is 2. The molecule has 1 aliphatic rings. The van der Waals surface area contributed by atoms with E-state index >= 15 is 0 Å². The van der Waals surface area contributed by atoms with Crippen LogP contribution in [-0.4, -0.2) is 40.0 Å². The second kappa shape index (κ2) is 4.45. The van der Waals surface area contributed by atoms with E-state index in [1.54, 1.807) is 11.6 Å². The van der Waals surface area contributed by atoms with Gasteiger partial charge in [-0.3, -0.25) is 0 Å². The third-order valence-corrected chi connectivity index (χ3v) is 4.52. The van der Waals surface area contributed by atoms with Crippen LogP contribution in [0.15, 0.2) is 12.5 Å². The van der Waals surface area contributed by atoms with Crippen molar-refractivity contribution in [1.82, 2.24) is 14.6 Å². The predicted molar refractivity (Wildman–Crippen MR) is 80.0 cm³/mol. The molecule has 0 saturated carbocycles. The van der Waals surface area contributed by atoms with E-state index in [1.807, 2.05) is 40.8 Å². The maximum atomic E-state index is 6.12. The van der Waals surface area contributed by atoms with Crippen molar-refractivity contribution >= 4 is 18.2 Å². The van der Waals surface area contributed by atoms with Crippen molar-refractivity contribution in [3.8, 4) is 5.75 Å². The fourth-order valence-electron chi connectivity index (χ4n) is 2.49. The first-order chi connectivity index (χ1) is 9.77. The Balaban J connectivity index is 2.12. The smallest absolute Gasteiger partial charge is 0.493 e. The van der Waals surface area contributed by atoms with Gasteiger partial charge in [0.2, 0.25) is 0 Å². The quantitative estimate of drug-likeness (QED) is 0.781. The molecule has 3 heterocycles. The Hall–Kier alpha value is -1.60. The number of pyridine rings is 1. The molecule has 3 rings (SSSR count). The Morgan fingerprint density at radius 1 is 1.19 bits per heavy atom. The minimum Gasteiger partial charge on any atom is -0.493 e. The molecule has 1 aliphatic heterocycles. The molecule has 0 radical (unpaired) electrons. The third kappa shape index (κ3) is 2.03. The summed E-state index contributed by atoms with van der Waals surface area (Å²) in [6.45, 7) is 10.1. The molecule has 112 valence electrons. The second-order valence-corrected chi connectivity index (χ2v) is 6.36. The van der Waals surface area contributed by atoms with Gasteiger partial charge in [0.05, 0.1) is 18.3 Å². The summed E-state index contributed by atoms with van der Waals surface area (Å²) in [4.78, 5) is 4.22. The van der Waals surface area contributed by atoms with Crippen LogP contribution in [0.3, 0.4) is 0 Å². The highest BCUT2D eigenvalue weighted by atomic mass is 16.7. The zero-order valence-electron chi connectivity index (χ0n) is 13.3. The molecule has 1 saturated heterocycles. The molecule has 2 aromatic heterocycles. The van der Waals surface area contributed by atoms with Crippen LogP contribution in [0.5, 0.6) is 5.75 Å². The lowest BCUT2D eigenvalue weighted by Crippen LogP contribution is -2.41. The van der Waals surface area contributed by atoms with Gasteiger partial charge < -0.3 is 14.0 Å². The average Bonchev–Trinajstić information content (AvgIpc) is 2.91. The first kappa shape index (κ1) is 14.3. The van der Waals surface area contributed by atoms with E-state index in [2.05, 4.69) is 10.1 Å². The molecule has 0 N–H and O–H groups in total. The van der Waals surface area contributed by atoms with Crippen molar-refractivity contribution in [1.29, 1.82) is 0 Å². The first-order valence-corrected chi connectivity index (χ1v) is 6.99. The summed E-state index contributed by atoms with van der Waals surface area (Å²) in [5, 5.41) is 4.19. The van der Waals surface area contributed by atoms with Crippen molar-refractivity contribution in [3.63, 3.8) is 0 Å². The third-order valence-electron chi connectivity index (χ3n) is 4.52. The minimum atomic E-state index is -0.447. The van der Waals surface area contributed by atoms with E-state index < -0.39 is 7.12 Å². The first-order valence-electron chi connectivity index (χ1n) is 6.99. The van der Waals surface area contributed by atoms with E-state index in [-0.39, 0.29) is 11.2 Å². The van der Waals surface area contributed by atoms with E-state index in [9.17, 15) is 0 Å². The SMILES string of the molecule is COc1c(C)c(B2OC(C)(C)C(C)(C)O2)cn2ncnc12. The van der Waals surface area contributed by atoms with E-state index in [1.165, 1.54) is 6.33 Å². The van der Waals surface area contributed by atoms with Crippen LogP contribution < -0.4 is 10.2 Å². The monoisotopic (exact) mass is 289 g/mol. The molecule has 21 heavy (non-hydrogen) atoms. The summed E-state index contributed by atoms with van der Waals surface area (Å²) in [5.41, 5.74) is 1.79. The van der Waals surface area contributed by atoms with Crippen molar-refractivity contribution in [2.45, 2.75) is 45.8 Å². The molecular weight excluding hydrogens is 269 g/mol. The molecule has 7 heteroatoms. The van der Waals surface area contributed by atoms with Gasteiger partial charge in [0.25, 0.3) is 0 Å². The fraction of sp³-hybridized carbons (Fsp3) is 0.571. The Labute approximate surface area is 124 Å². The van der Waals surface area contributed by atoms with Gasteiger partial charge in [0.15, 0.2) is 11.4 Å². The molecule has 0 spiro atoms. The topological polar surface area (TPSA) is 57.9 Å². The lowest BCUT2D eigenvalue weighted by Gasteiger charge is -2.32. The molecule has 0 atom stereocenters. The van der Waals surface area contributed by atoms with Crippen molar-refractivity contribution in [3.05, 3.63) is 18.1 Å². The van der Waals surface area contributed by atoms with Crippen LogP contribution in [0.1, 0.15) is 33.3 Å². The summed E-state index contributed by atoms with van der Waals surface area (Å²) >= 11 is 0. The lowest BCUT2D eigenvalue weighted by molar-refractivity contribution is 0.00578. The minimum absolute atomic E-state index is 0.380. The van der Waals surface area contributed by atoms with Crippen LogP contribution in [0.4, 0.5) is 0 Å². The maximum Gasteiger partial charge on any atom is 0.496 e. The van der Waals surface area contributed by atoms with Crippen molar-refractivity contribution in [2.24, 2.45) is 0 Å². The van der Waals surface area contributed by atoms with E-state index in [4.69, 9.17) is 14.0 Å². The zero-order chi connectivity index (χ0) is 15.4. The standard InChI is InChI=1S/C14H20BN3O3/c1-9-10(15-20-13(2,3)14(4,5)21-15)7-18-12(11(9)19-6)16-8-17-18/h7-8H,1-6H3. The number of hydrogen-bond donors (Lipinski definition) is 0. The largest absolute Gasteiger partial charge is 0.496 e. The lowest BCUT2D eigenvalue weighted by atomic mass is 9.77. The molecule has 1 fully saturated rings. The van der Waals surface area contributed by atoms with Crippen LogP contribution in [0.25, 0.3) is 5.65 Å². The van der Waals surface area contributed by atoms with E-state index in [0.717, 1.165) is 11.0 Å². The summed E-state index contributed by atoms with van der Waals surface area (Å²) in [6, 6.07) is 0. The summed E-state index contributed by atoms with van der Waals surface area (Å²) in [7, 11) is 1.18. The van der Waals surface area contributed by atoms with Crippen molar-refractivity contribution < 1.29 is 14.0 Å². The molecule has 0 amide bonds. The van der Waals surface area contributed by atoms with Crippen LogP contribution >= 0.6 is 0 Å². The molecule has 0 bridgehead atoms. The summed E-state index contributed by atoms with van der Waals surface area (Å²) in [6.07, 6.45) is 3.40. The Kier molecular flexibility index (Phi) is 3.04. The predicted octanol–water partition coefficient (Wildman–Crippen LogP) is 1.35. The highest BCUT2D eigenvalue weighted by molar-refractivity contribution is 6.62. The van der Waals surface area contributed by atoms with E-state index in [0.29, 0.717) is 11.4 Å². The number of hydrogen-bond acceptors (Lipinski definition) is 5. The number of ether oxygens (including phenoxy) is 1. The normalized spacial score (nSPS) is 20.2. The molecule has 2 aromatic rings. The number of fused-ring (bicyclic) bond motifs is 1. The Morgan fingerprint density at radius 2 is 1.81 bits per heavy atom. The summed E-state index contributed by atoms with van der Waals surface area (Å²) < 4.78 is 19.4. The number of methoxy groups -OCH3 is 1. The molecule has 6 nitrogen and oxygen atoms in total. The van der Waals surface area contributed by atoms with Crippen LogP contribution in [0, 0.1) is 6.92 Å². The van der Waals surface area contributed by atoms with Gasteiger partial charge in [-0.05, 0) is 40.2 Å². The van der Waals surface area contributed by atoms with Gasteiger partial charge in [-0.25, -0.2) is 9.50 Å². The van der Waals surface area contributed by atoms with Gasteiger partial charge in [0, 0.05) is 11.7 Å². The van der Waals surface area contributed by atoms with Gasteiger partial charge in [-0.2, -0.15) is 5.10 Å². The maximum absolute atomic E-state index is 6.12. The van der Waals surface area contributed by atoms with Gasteiger partial charge in [-0.1, -0.05) is 0 Å². The highest BCUT2D eigenvalue weighted by Crippen LogP contribution is 2.37. The highest BCUT2D eigenvalue weighted by Gasteiger charge is 2.52. The average molecular weight is 289 g/mol. The zero-order valence-corrected chi connectivity index (χ0v) is 13.3. The van der Waals surface area contributed by atoms with Gasteiger partial charge in [0.1, 0.15) is 6.33 Å². The van der Waals surface area contributed by atoms with Crippen LogP contribution in [-0.2, 0) is 9.31 Å². The number of nitrogens with zero attached hydrogens (tertiary/aromatic N) is 3. The molecule has 0 aliphatic carbocycles. The second-order valence-electron chi connectivity index (χ2n) is 6.36. The molecule has 0 unspecified atom stereocenters. The fourth-order valence-corrected chi connectivity index (χ4v) is 2.49. The molecule has 0 aromatic carbocycles. The van der Waals surface area contributed by atoms with Gasteiger partial charge in [-0.15, -0.1) is 0 Å².